The van der Waals surface area contributed by atoms with Crippen molar-refractivity contribution in [3.05, 3.63) is 18.0 Å². The van der Waals surface area contributed by atoms with E-state index in [1.165, 1.54) is 0 Å². The predicted molar refractivity (Wildman–Crippen MR) is 60.8 cm³/mol. The molecular weight excluding hydrogens is 265 g/mol. The maximum atomic E-state index is 6.23. The van der Waals surface area contributed by atoms with Crippen LogP contribution in [0.3, 0.4) is 0 Å². The Morgan fingerprint density at radius 3 is 2.86 bits per heavy atom. The van der Waals surface area contributed by atoms with E-state index in [4.69, 9.17) is 17.3 Å². The number of nitrogens with zero attached hydrogens (tertiary/aromatic N) is 2. The van der Waals surface area contributed by atoms with Crippen LogP contribution in [0.2, 0.25) is 0 Å². The zero-order valence-electron chi connectivity index (χ0n) is 7.53. The number of anilines is 1. The van der Waals surface area contributed by atoms with Crippen LogP contribution in [0.1, 0.15) is 24.5 Å². The summed E-state index contributed by atoms with van der Waals surface area (Å²) in [5.74, 6) is 0.569. The van der Waals surface area contributed by atoms with E-state index in [1.807, 2.05) is 6.07 Å². The quantitative estimate of drug-likeness (QED) is 0.801. The number of nitrogens with two attached hydrogens (primary N) is 1. The van der Waals surface area contributed by atoms with E-state index in [9.17, 15) is 0 Å². The second kappa shape index (κ2) is 4.03. The van der Waals surface area contributed by atoms with E-state index in [2.05, 4.69) is 25.9 Å². The highest BCUT2D eigenvalue weighted by Crippen LogP contribution is 2.41. The summed E-state index contributed by atoms with van der Waals surface area (Å²) in [6.45, 7) is 0. The monoisotopic (exact) mass is 275 g/mol. The van der Waals surface area contributed by atoms with Crippen molar-refractivity contribution in [2.24, 2.45) is 0 Å². The van der Waals surface area contributed by atoms with Crippen molar-refractivity contribution >= 4 is 33.5 Å². The molecule has 3 atom stereocenters. The number of hydrogen-bond acceptors (Lipinski definition) is 3. The first-order valence-corrected chi connectivity index (χ1v) is 5.90. The van der Waals surface area contributed by atoms with Crippen LogP contribution in [-0.2, 0) is 0 Å². The largest absolute Gasteiger partial charge is 0.368 e. The fraction of sp³-hybridized carbons (Fsp3) is 0.556. The fourth-order valence-electron chi connectivity index (χ4n) is 1.85. The molecule has 1 aliphatic rings. The van der Waals surface area contributed by atoms with E-state index in [-0.39, 0.29) is 11.3 Å². The second-order valence-corrected chi connectivity index (χ2v) is 5.21. The van der Waals surface area contributed by atoms with Crippen LogP contribution in [0.15, 0.2) is 12.3 Å². The number of nitrogen functional groups attached to an aromatic ring is 1. The third kappa shape index (κ3) is 1.86. The highest BCUT2D eigenvalue weighted by molar-refractivity contribution is 9.09. The van der Waals surface area contributed by atoms with Gasteiger partial charge in [-0.15, -0.1) is 11.6 Å². The van der Waals surface area contributed by atoms with Crippen molar-refractivity contribution < 1.29 is 0 Å². The van der Waals surface area contributed by atoms with Crippen LogP contribution in [0.4, 0.5) is 5.95 Å². The first-order chi connectivity index (χ1) is 6.68. The topological polar surface area (TPSA) is 51.8 Å². The van der Waals surface area contributed by atoms with Gasteiger partial charge in [-0.2, -0.15) is 0 Å². The van der Waals surface area contributed by atoms with Crippen LogP contribution in [-0.4, -0.2) is 20.2 Å². The Balaban J connectivity index is 2.29. The summed E-state index contributed by atoms with van der Waals surface area (Å²) in [6, 6.07) is 1.88. The van der Waals surface area contributed by atoms with Gasteiger partial charge in [-0.25, -0.2) is 9.97 Å². The lowest BCUT2D eigenvalue weighted by Crippen LogP contribution is -2.15. The molecule has 0 bridgehead atoms. The lowest BCUT2D eigenvalue weighted by Gasteiger charge is -2.16. The Bertz CT molecular complexity index is 324. The average Bonchev–Trinajstić information content (AvgIpc) is 2.46. The summed E-state index contributed by atoms with van der Waals surface area (Å²) in [6.07, 6.45) is 3.79. The predicted octanol–water partition coefficient (Wildman–Crippen LogP) is 2.31. The van der Waals surface area contributed by atoms with E-state index < -0.39 is 0 Å². The molecule has 1 aromatic rings. The van der Waals surface area contributed by atoms with Crippen molar-refractivity contribution in [1.82, 2.24) is 9.97 Å². The highest BCUT2D eigenvalue weighted by atomic mass is 79.9. The van der Waals surface area contributed by atoms with E-state index in [0.717, 1.165) is 18.5 Å². The normalized spacial score (nSPS) is 32.0. The van der Waals surface area contributed by atoms with Gasteiger partial charge >= 0.3 is 0 Å². The van der Waals surface area contributed by atoms with Gasteiger partial charge < -0.3 is 5.73 Å². The van der Waals surface area contributed by atoms with E-state index in [1.54, 1.807) is 6.20 Å². The Morgan fingerprint density at radius 1 is 1.50 bits per heavy atom. The first kappa shape index (κ1) is 10.2. The van der Waals surface area contributed by atoms with Gasteiger partial charge in [-0.05, 0) is 18.9 Å². The number of rotatable bonds is 1. The molecule has 1 saturated carbocycles. The SMILES string of the molecule is Nc1nccc(C2C(Cl)CCC2Br)n1. The smallest absolute Gasteiger partial charge is 0.220 e. The average molecular weight is 277 g/mol. The van der Waals surface area contributed by atoms with Gasteiger partial charge in [0.2, 0.25) is 5.95 Å². The van der Waals surface area contributed by atoms with Crippen LogP contribution < -0.4 is 5.73 Å². The van der Waals surface area contributed by atoms with Crippen molar-refractivity contribution in [3.8, 4) is 0 Å². The third-order valence-electron chi connectivity index (χ3n) is 2.53. The van der Waals surface area contributed by atoms with Gasteiger partial charge in [-0.3, -0.25) is 0 Å². The standard InChI is InChI=1S/C9H11BrClN3/c10-5-1-2-6(11)8(5)7-3-4-13-9(12)14-7/h3-6,8H,1-2H2,(H2,12,13,14). The minimum atomic E-state index is 0.147. The summed E-state index contributed by atoms with van der Waals surface area (Å²) < 4.78 is 0. The van der Waals surface area contributed by atoms with Crippen LogP contribution in [0.25, 0.3) is 0 Å². The zero-order chi connectivity index (χ0) is 10.1. The lowest BCUT2D eigenvalue weighted by molar-refractivity contribution is 0.720. The molecule has 76 valence electrons. The van der Waals surface area contributed by atoms with Gasteiger partial charge in [0.15, 0.2) is 0 Å². The number of alkyl halides is 2. The molecule has 1 heterocycles. The van der Waals surface area contributed by atoms with Crippen molar-refractivity contribution in [1.29, 1.82) is 0 Å². The molecule has 2 N–H and O–H groups in total. The Kier molecular flexibility index (Phi) is 2.93. The molecule has 0 saturated heterocycles. The summed E-state index contributed by atoms with van der Waals surface area (Å²) in [5.41, 5.74) is 6.48. The van der Waals surface area contributed by atoms with Crippen molar-refractivity contribution in [3.63, 3.8) is 0 Å². The minimum absolute atomic E-state index is 0.147. The molecule has 1 fully saturated rings. The molecule has 2 rings (SSSR count). The first-order valence-electron chi connectivity index (χ1n) is 4.55. The minimum Gasteiger partial charge on any atom is -0.368 e. The van der Waals surface area contributed by atoms with Gasteiger partial charge in [0.05, 0.1) is 5.69 Å². The number of aromatic nitrogens is 2. The zero-order valence-corrected chi connectivity index (χ0v) is 9.87. The summed E-state index contributed by atoms with van der Waals surface area (Å²) in [4.78, 5) is 8.48. The summed E-state index contributed by atoms with van der Waals surface area (Å²) in [7, 11) is 0. The number of halogens is 2. The molecule has 0 spiro atoms. The molecule has 0 aliphatic heterocycles. The van der Waals surface area contributed by atoms with Gasteiger partial charge in [0, 0.05) is 22.3 Å². The van der Waals surface area contributed by atoms with Gasteiger partial charge in [0.25, 0.3) is 0 Å². The molecule has 0 radical (unpaired) electrons. The fourth-order valence-corrected chi connectivity index (χ4v) is 3.36. The van der Waals surface area contributed by atoms with Crippen molar-refractivity contribution in [2.75, 3.05) is 5.73 Å². The molecule has 14 heavy (non-hydrogen) atoms. The van der Waals surface area contributed by atoms with E-state index in [0.29, 0.717) is 10.8 Å². The Hall–Kier alpha value is -0.350. The number of hydrogen-bond donors (Lipinski definition) is 1. The Labute approximate surface area is 96.2 Å². The molecule has 0 aromatic carbocycles. The highest BCUT2D eigenvalue weighted by Gasteiger charge is 2.35. The maximum absolute atomic E-state index is 6.23. The molecule has 3 unspecified atom stereocenters. The molecule has 0 amide bonds. The maximum Gasteiger partial charge on any atom is 0.220 e. The van der Waals surface area contributed by atoms with Gasteiger partial charge in [0.1, 0.15) is 0 Å². The van der Waals surface area contributed by atoms with Gasteiger partial charge in [-0.1, -0.05) is 15.9 Å². The van der Waals surface area contributed by atoms with E-state index >= 15 is 0 Å². The summed E-state index contributed by atoms with van der Waals surface area (Å²) >= 11 is 9.85. The Morgan fingerprint density at radius 2 is 2.29 bits per heavy atom. The van der Waals surface area contributed by atoms with Crippen LogP contribution in [0.5, 0.6) is 0 Å². The molecule has 3 nitrogen and oxygen atoms in total. The lowest BCUT2D eigenvalue weighted by atomic mass is 10.0. The summed E-state index contributed by atoms with van der Waals surface area (Å²) in [5, 5.41) is 0.147. The third-order valence-corrected chi connectivity index (χ3v) is 4.05. The van der Waals surface area contributed by atoms with Crippen LogP contribution >= 0.6 is 27.5 Å². The molecule has 1 aliphatic carbocycles. The molecule has 5 heteroatoms. The van der Waals surface area contributed by atoms with Crippen LogP contribution in [0, 0.1) is 0 Å². The van der Waals surface area contributed by atoms with Crippen molar-refractivity contribution in [2.45, 2.75) is 29.0 Å². The molecular formula is C9H11BrClN3. The molecule has 1 aromatic heterocycles. The second-order valence-electron chi connectivity index (χ2n) is 3.47.